The molecule has 1 saturated heterocycles. The zero-order valence-electron chi connectivity index (χ0n) is 24.3. The monoisotopic (exact) mass is 567 g/mol. The predicted molar refractivity (Wildman–Crippen MR) is 156 cm³/mol. The molecule has 3 amide bonds. The summed E-state index contributed by atoms with van der Waals surface area (Å²) in [5.74, 6) is -0.454. The summed E-state index contributed by atoms with van der Waals surface area (Å²) in [6.07, 6.45) is 7.74. The molecule has 1 aromatic heterocycles. The van der Waals surface area contributed by atoms with Gasteiger partial charge in [0.15, 0.2) is 11.7 Å². The molecule has 2 heterocycles. The molecule has 0 radical (unpaired) electrons. The van der Waals surface area contributed by atoms with Gasteiger partial charge >= 0.3 is 0 Å². The van der Waals surface area contributed by atoms with Crippen molar-refractivity contribution < 1.29 is 23.9 Å². The molecule has 2 aromatic rings. The number of fused-ring (bicyclic) bond motifs is 1. The van der Waals surface area contributed by atoms with Crippen LogP contribution in [0.5, 0.6) is 0 Å². The van der Waals surface area contributed by atoms with E-state index in [4.69, 9.17) is 10.2 Å². The number of carbonyl (C=O) groups is 3. The Morgan fingerprint density at radius 1 is 1.07 bits per heavy atom. The molecule has 5 atom stereocenters. The minimum atomic E-state index is -1.47. The van der Waals surface area contributed by atoms with E-state index >= 15 is 0 Å². The Morgan fingerprint density at radius 2 is 1.80 bits per heavy atom. The number of anilines is 1. The van der Waals surface area contributed by atoms with Gasteiger partial charge in [0.1, 0.15) is 17.6 Å². The number of nitrogens with two attached hydrogens (primary N) is 1. The molecule has 2 aliphatic carbocycles. The number of aliphatic hydroxyl groups excluding tert-OH is 1. The molecule has 0 bridgehead atoms. The van der Waals surface area contributed by atoms with Gasteiger partial charge in [0, 0.05) is 6.54 Å². The lowest BCUT2D eigenvalue weighted by Gasteiger charge is -2.35. The molecule has 5 rings (SSSR count). The van der Waals surface area contributed by atoms with E-state index in [9.17, 15) is 19.5 Å². The summed E-state index contributed by atoms with van der Waals surface area (Å²) in [5.41, 5.74) is 6.80. The first-order valence-electron chi connectivity index (χ1n) is 15.4. The molecule has 41 heavy (non-hydrogen) atoms. The third-order valence-corrected chi connectivity index (χ3v) is 9.63. The number of aromatic nitrogens is 1. The molecule has 10 heteroatoms. The molecule has 224 valence electrons. The number of para-hydroxylation sites is 2. The molecule has 10 nitrogen and oxygen atoms in total. The molecule has 0 spiro atoms. The highest BCUT2D eigenvalue weighted by Crippen LogP contribution is 2.35. The first-order valence-corrected chi connectivity index (χ1v) is 15.4. The van der Waals surface area contributed by atoms with Crippen LogP contribution in [0.2, 0.25) is 0 Å². The summed E-state index contributed by atoms with van der Waals surface area (Å²) < 4.78 is 5.95. The van der Waals surface area contributed by atoms with Crippen LogP contribution in [0.1, 0.15) is 78.1 Å². The van der Waals surface area contributed by atoms with E-state index in [-0.39, 0.29) is 29.6 Å². The second-order valence-corrected chi connectivity index (χ2v) is 12.7. The van der Waals surface area contributed by atoms with Gasteiger partial charge in [-0.25, -0.2) is 0 Å². The van der Waals surface area contributed by atoms with Crippen molar-refractivity contribution >= 4 is 34.8 Å². The first-order chi connectivity index (χ1) is 19.7. The SMILES string of the molecule is CC(C)[C@@H]1C[C@@H](C(=O)NC(CC2CCC2)C(O)C(N)=O)N(C(=O)[C@@H](Nc2nc3ccccc3o2)C2CCCCC2)C1. The number of amides is 3. The van der Waals surface area contributed by atoms with Crippen molar-refractivity contribution in [3.8, 4) is 0 Å². The van der Waals surface area contributed by atoms with Crippen molar-refractivity contribution in [3.63, 3.8) is 0 Å². The van der Waals surface area contributed by atoms with E-state index < -0.39 is 30.1 Å². The lowest BCUT2D eigenvalue weighted by molar-refractivity contribution is -0.141. The van der Waals surface area contributed by atoms with Crippen molar-refractivity contribution in [3.05, 3.63) is 24.3 Å². The molecular formula is C31H45N5O5. The van der Waals surface area contributed by atoms with Crippen LogP contribution in [0.25, 0.3) is 11.1 Å². The highest BCUT2D eigenvalue weighted by molar-refractivity contribution is 5.92. The number of benzene rings is 1. The number of oxazole rings is 1. The fraction of sp³-hybridized carbons (Fsp3) is 0.677. The summed E-state index contributed by atoms with van der Waals surface area (Å²) in [4.78, 5) is 46.4. The number of likely N-dealkylation sites (tertiary alicyclic amines) is 1. The highest BCUT2D eigenvalue weighted by Gasteiger charge is 2.45. The Bertz CT molecular complexity index is 1190. The van der Waals surface area contributed by atoms with Crippen LogP contribution in [-0.4, -0.2) is 63.5 Å². The number of nitrogens with zero attached hydrogens (tertiary/aromatic N) is 2. The topological polar surface area (TPSA) is 151 Å². The number of nitrogens with one attached hydrogen (secondary N) is 2. The van der Waals surface area contributed by atoms with Gasteiger partial charge in [0.25, 0.3) is 6.01 Å². The lowest BCUT2D eigenvalue weighted by Crippen LogP contribution is -2.57. The Labute approximate surface area is 241 Å². The molecule has 2 saturated carbocycles. The van der Waals surface area contributed by atoms with Gasteiger partial charge in [-0.15, -0.1) is 0 Å². The largest absolute Gasteiger partial charge is 0.424 e. The van der Waals surface area contributed by atoms with Crippen molar-refractivity contribution in [2.45, 2.75) is 102 Å². The van der Waals surface area contributed by atoms with Crippen LogP contribution in [0, 0.1) is 23.7 Å². The number of hydrogen-bond donors (Lipinski definition) is 4. The quantitative estimate of drug-likeness (QED) is 0.324. The van der Waals surface area contributed by atoms with Crippen LogP contribution in [0.15, 0.2) is 28.7 Å². The maximum absolute atomic E-state index is 14.4. The summed E-state index contributed by atoms with van der Waals surface area (Å²) in [6, 6.07) is 5.75. The maximum atomic E-state index is 14.4. The fourth-order valence-corrected chi connectivity index (χ4v) is 6.77. The summed E-state index contributed by atoms with van der Waals surface area (Å²) in [6.45, 7) is 4.69. The molecule has 1 aliphatic heterocycles. The average Bonchev–Trinajstić information content (AvgIpc) is 3.57. The molecule has 3 fully saturated rings. The van der Waals surface area contributed by atoms with Gasteiger partial charge < -0.3 is 30.8 Å². The number of primary amides is 1. The summed E-state index contributed by atoms with van der Waals surface area (Å²) in [7, 11) is 0. The Morgan fingerprint density at radius 3 is 2.44 bits per heavy atom. The minimum Gasteiger partial charge on any atom is -0.424 e. The van der Waals surface area contributed by atoms with Gasteiger partial charge in [0.05, 0.1) is 6.04 Å². The van der Waals surface area contributed by atoms with Gasteiger partial charge in [-0.2, -0.15) is 4.98 Å². The molecule has 3 aliphatic rings. The van der Waals surface area contributed by atoms with E-state index in [0.717, 1.165) is 51.4 Å². The first kappa shape index (κ1) is 29.4. The Kier molecular flexibility index (Phi) is 9.16. The molecule has 2 unspecified atom stereocenters. The zero-order chi connectivity index (χ0) is 29.1. The van der Waals surface area contributed by atoms with Crippen LogP contribution in [0.3, 0.4) is 0 Å². The number of rotatable bonds is 11. The lowest BCUT2D eigenvalue weighted by atomic mass is 9.79. The second kappa shape index (κ2) is 12.8. The average molecular weight is 568 g/mol. The summed E-state index contributed by atoms with van der Waals surface area (Å²) >= 11 is 0. The maximum Gasteiger partial charge on any atom is 0.296 e. The van der Waals surface area contributed by atoms with Gasteiger partial charge in [-0.1, -0.05) is 64.5 Å². The highest BCUT2D eigenvalue weighted by atomic mass is 16.4. The smallest absolute Gasteiger partial charge is 0.296 e. The minimum absolute atomic E-state index is 0.0936. The Hall–Kier alpha value is -3.14. The van der Waals surface area contributed by atoms with E-state index in [2.05, 4.69) is 29.5 Å². The second-order valence-electron chi connectivity index (χ2n) is 12.7. The van der Waals surface area contributed by atoms with Crippen LogP contribution in [0.4, 0.5) is 6.01 Å². The van der Waals surface area contributed by atoms with E-state index in [1.807, 2.05) is 24.3 Å². The van der Waals surface area contributed by atoms with Crippen LogP contribution >= 0.6 is 0 Å². The van der Waals surface area contributed by atoms with Crippen molar-refractivity contribution in [2.75, 3.05) is 11.9 Å². The molecule has 1 aromatic carbocycles. The normalized spacial score (nSPS) is 24.1. The third kappa shape index (κ3) is 6.68. The van der Waals surface area contributed by atoms with Crippen molar-refractivity contribution in [2.24, 2.45) is 29.4 Å². The van der Waals surface area contributed by atoms with E-state index in [1.54, 1.807) is 4.90 Å². The van der Waals surface area contributed by atoms with Crippen LogP contribution < -0.4 is 16.4 Å². The van der Waals surface area contributed by atoms with Gasteiger partial charge in [0.2, 0.25) is 17.7 Å². The fourth-order valence-electron chi connectivity index (χ4n) is 6.77. The number of aliphatic hydroxyl groups is 1. The standard InChI is InChI=1S/C31H45N5O5/c1-18(2)21-16-24(29(39)33-23(27(37)28(32)38)15-19-9-8-10-19)36(17-21)30(40)26(20-11-4-3-5-12-20)35-31-34-22-13-6-7-14-25(22)41-31/h6-7,13-14,18-21,23-24,26-27,37H,3-5,8-12,15-17H2,1-2H3,(H2,32,38)(H,33,39)(H,34,35)/t21-,23?,24+,26+,27?/m1/s1. The number of hydrogen-bond acceptors (Lipinski definition) is 7. The molecule has 5 N–H and O–H groups in total. The third-order valence-electron chi connectivity index (χ3n) is 9.63. The van der Waals surface area contributed by atoms with E-state index in [0.29, 0.717) is 42.4 Å². The number of carbonyl (C=O) groups excluding carboxylic acids is 3. The van der Waals surface area contributed by atoms with Crippen molar-refractivity contribution in [1.29, 1.82) is 0 Å². The zero-order valence-corrected chi connectivity index (χ0v) is 24.3. The summed E-state index contributed by atoms with van der Waals surface area (Å²) in [5, 5.41) is 16.8. The van der Waals surface area contributed by atoms with Crippen molar-refractivity contribution in [1.82, 2.24) is 15.2 Å². The van der Waals surface area contributed by atoms with Crippen LogP contribution in [-0.2, 0) is 14.4 Å². The Balaban J connectivity index is 1.38. The van der Waals surface area contributed by atoms with Gasteiger partial charge in [-0.05, 0) is 61.5 Å². The molecular weight excluding hydrogens is 522 g/mol. The predicted octanol–water partition coefficient (Wildman–Crippen LogP) is 3.58. The van der Waals surface area contributed by atoms with E-state index in [1.165, 1.54) is 0 Å². The van der Waals surface area contributed by atoms with Gasteiger partial charge in [-0.3, -0.25) is 14.4 Å².